The fraction of sp³-hybridized carbons (Fsp3) is 0.474. The van der Waals surface area contributed by atoms with E-state index in [9.17, 15) is 18.0 Å². The molecule has 27 heavy (non-hydrogen) atoms. The average Bonchev–Trinajstić information content (AvgIpc) is 3.16. The van der Waals surface area contributed by atoms with Gasteiger partial charge >= 0.3 is 5.97 Å². The number of methoxy groups -OCH3 is 1. The van der Waals surface area contributed by atoms with Crippen LogP contribution in [0.4, 0.5) is 13.2 Å². The molecule has 1 fully saturated rings. The molecule has 0 heterocycles. The second-order valence-electron chi connectivity index (χ2n) is 7.04. The summed E-state index contributed by atoms with van der Waals surface area (Å²) in [4.78, 5) is 12.4. The highest BCUT2D eigenvalue weighted by molar-refractivity contribution is 14.1. The van der Waals surface area contributed by atoms with Gasteiger partial charge in [0, 0.05) is 18.2 Å². The van der Waals surface area contributed by atoms with E-state index in [2.05, 4.69) is 4.74 Å². The lowest BCUT2D eigenvalue weighted by Gasteiger charge is -2.13. The van der Waals surface area contributed by atoms with Crippen LogP contribution in [0.3, 0.4) is 0 Å². The molecule has 0 N–H and O–H groups in total. The maximum atomic E-state index is 14.3. The van der Waals surface area contributed by atoms with E-state index in [0.717, 1.165) is 0 Å². The Morgan fingerprint density at radius 3 is 2.37 bits per heavy atom. The van der Waals surface area contributed by atoms with E-state index in [1.807, 2.05) is 19.9 Å². The predicted octanol–water partition coefficient (Wildman–Crippen LogP) is 4.64. The second kappa shape index (κ2) is 8.19. The van der Waals surface area contributed by atoms with E-state index < -0.39 is 53.5 Å². The van der Waals surface area contributed by atoms with Gasteiger partial charge in [0.05, 0.1) is 27.7 Å². The fourth-order valence-corrected chi connectivity index (χ4v) is 3.82. The molecule has 0 unspecified atom stereocenters. The number of esters is 1. The third kappa shape index (κ3) is 4.14. The topological polar surface area (TPSA) is 59.3 Å². The Morgan fingerprint density at radius 1 is 1.22 bits per heavy atom. The molecule has 0 spiro atoms. The van der Waals surface area contributed by atoms with E-state index in [4.69, 9.17) is 10.00 Å². The van der Waals surface area contributed by atoms with Crippen molar-refractivity contribution in [1.82, 2.24) is 0 Å². The maximum Gasteiger partial charge on any atom is 0.310 e. The van der Waals surface area contributed by atoms with Crippen molar-refractivity contribution in [3.63, 3.8) is 0 Å². The molecule has 1 aromatic rings. The number of allylic oxidation sites excluding steroid dienone is 2. The van der Waals surface area contributed by atoms with Crippen molar-refractivity contribution in [1.29, 1.82) is 5.26 Å². The molecule has 1 aliphatic rings. The Kier molecular flexibility index (Phi) is 6.58. The second-order valence-corrected chi connectivity index (χ2v) is 8.12. The largest absolute Gasteiger partial charge is 0.460 e. The van der Waals surface area contributed by atoms with Gasteiger partial charge in [-0.1, -0.05) is 19.9 Å². The molecule has 0 aliphatic heterocycles. The quantitative estimate of drug-likeness (QED) is 0.251. The van der Waals surface area contributed by atoms with Crippen LogP contribution in [0, 0.1) is 49.6 Å². The van der Waals surface area contributed by atoms with Crippen molar-refractivity contribution >= 4 is 28.6 Å². The van der Waals surface area contributed by atoms with Crippen LogP contribution >= 0.6 is 22.6 Å². The average molecular weight is 493 g/mol. The summed E-state index contributed by atoms with van der Waals surface area (Å²) in [6, 6.07) is 2.00. The zero-order valence-corrected chi connectivity index (χ0v) is 17.5. The van der Waals surface area contributed by atoms with Gasteiger partial charge in [-0.25, -0.2) is 13.2 Å². The smallest absolute Gasteiger partial charge is 0.310 e. The number of nitriles is 1. The van der Waals surface area contributed by atoms with Crippen LogP contribution in [0.2, 0.25) is 0 Å². The van der Waals surface area contributed by atoms with Gasteiger partial charge in [-0.2, -0.15) is 5.26 Å². The van der Waals surface area contributed by atoms with Crippen LogP contribution < -0.4 is 0 Å². The molecule has 2 rings (SSSR count). The molecular weight excluding hydrogens is 474 g/mol. The van der Waals surface area contributed by atoms with Gasteiger partial charge in [-0.3, -0.25) is 4.79 Å². The molecule has 2 atom stereocenters. The molecule has 4 nitrogen and oxygen atoms in total. The lowest BCUT2D eigenvalue weighted by Crippen LogP contribution is -2.14. The van der Waals surface area contributed by atoms with E-state index in [1.165, 1.54) is 7.11 Å². The summed E-state index contributed by atoms with van der Waals surface area (Å²) in [6.45, 7) is 4.36. The van der Waals surface area contributed by atoms with E-state index in [-0.39, 0.29) is 15.1 Å². The van der Waals surface area contributed by atoms with Gasteiger partial charge in [0.25, 0.3) is 0 Å². The zero-order valence-electron chi connectivity index (χ0n) is 15.3. The Bertz CT molecular complexity index is 817. The first-order chi connectivity index (χ1) is 12.6. The minimum absolute atomic E-state index is 0.154. The van der Waals surface area contributed by atoms with Gasteiger partial charge in [0.1, 0.15) is 12.4 Å². The summed E-state index contributed by atoms with van der Waals surface area (Å²) < 4.78 is 52.3. The van der Waals surface area contributed by atoms with Gasteiger partial charge in [0.15, 0.2) is 11.6 Å². The first-order valence-electron chi connectivity index (χ1n) is 8.15. The summed E-state index contributed by atoms with van der Waals surface area (Å²) in [6.07, 6.45) is 1.70. The van der Waals surface area contributed by atoms with Crippen LogP contribution in [-0.2, 0) is 27.5 Å². The van der Waals surface area contributed by atoms with E-state index >= 15 is 0 Å². The number of hydrogen-bond acceptors (Lipinski definition) is 4. The molecule has 0 aromatic heterocycles. The number of carbonyl (C=O) groups excluding carboxylic acids is 1. The first-order valence-corrected chi connectivity index (χ1v) is 9.23. The lowest BCUT2D eigenvalue weighted by atomic mass is 10.1. The first kappa shape index (κ1) is 21.7. The molecule has 0 bridgehead atoms. The highest BCUT2D eigenvalue weighted by Gasteiger charge is 2.61. The Labute approximate surface area is 169 Å². The molecule has 0 saturated heterocycles. The number of carbonyl (C=O) groups is 1. The Balaban J connectivity index is 2.18. The summed E-state index contributed by atoms with van der Waals surface area (Å²) >= 11 is 1.55. The number of halogens is 4. The molecule has 1 aromatic carbocycles. The normalized spacial score (nSPS) is 20.9. The van der Waals surface area contributed by atoms with Gasteiger partial charge in [0.2, 0.25) is 0 Å². The van der Waals surface area contributed by atoms with Crippen molar-refractivity contribution in [2.75, 3.05) is 7.11 Å². The zero-order chi connectivity index (χ0) is 20.5. The van der Waals surface area contributed by atoms with Crippen LogP contribution in [0.1, 0.15) is 31.9 Å². The molecule has 146 valence electrons. The minimum Gasteiger partial charge on any atom is -0.460 e. The molecule has 8 heteroatoms. The van der Waals surface area contributed by atoms with Crippen molar-refractivity contribution < 1.29 is 27.4 Å². The third-order valence-corrected chi connectivity index (χ3v) is 5.99. The minimum atomic E-state index is -1.35. The highest BCUT2D eigenvalue weighted by Crippen LogP contribution is 2.59. The van der Waals surface area contributed by atoms with Crippen LogP contribution in [0.25, 0.3) is 0 Å². The van der Waals surface area contributed by atoms with Crippen LogP contribution in [0.15, 0.2) is 11.6 Å². The van der Waals surface area contributed by atoms with Gasteiger partial charge < -0.3 is 9.47 Å². The summed E-state index contributed by atoms with van der Waals surface area (Å²) in [7, 11) is 1.25. The van der Waals surface area contributed by atoms with Crippen molar-refractivity contribution in [3.05, 3.63) is 43.8 Å². The van der Waals surface area contributed by atoms with Gasteiger partial charge in [-0.05, 0) is 40.8 Å². The van der Waals surface area contributed by atoms with E-state index in [0.29, 0.717) is 5.57 Å². The highest BCUT2D eigenvalue weighted by atomic mass is 127. The van der Waals surface area contributed by atoms with Crippen molar-refractivity contribution in [2.24, 2.45) is 17.3 Å². The monoisotopic (exact) mass is 493 g/mol. The molecule has 1 aliphatic carbocycles. The molecule has 0 amide bonds. The predicted molar refractivity (Wildman–Crippen MR) is 99.7 cm³/mol. The maximum absolute atomic E-state index is 14.3. The Hall–Kier alpha value is -1.60. The SMILES string of the molecule is COCc1c(F)c(F)c(COC(=O)[C@@H]2[C@@H](C=C(C)C#N)C2(C)C)c(I)c1F. The van der Waals surface area contributed by atoms with Crippen LogP contribution in [0.5, 0.6) is 0 Å². The van der Waals surface area contributed by atoms with Crippen molar-refractivity contribution in [3.8, 4) is 6.07 Å². The summed E-state index contributed by atoms with van der Waals surface area (Å²) in [5, 5.41) is 8.88. The number of hydrogen-bond donors (Lipinski definition) is 0. The summed E-state index contributed by atoms with van der Waals surface area (Å²) in [5.74, 6) is -4.80. The molecule has 1 saturated carbocycles. The summed E-state index contributed by atoms with van der Waals surface area (Å²) in [5.41, 5.74) is -0.769. The lowest BCUT2D eigenvalue weighted by molar-refractivity contribution is -0.147. The third-order valence-electron chi connectivity index (χ3n) is 4.86. The number of rotatable bonds is 6. The Morgan fingerprint density at radius 2 is 1.81 bits per heavy atom. The van der Waals surface area contributed by atoms with Gasteiger partial charge in [-0.15, -0.1) is 0 Å². The number of ether oxygens (including phenoxy) is 2. The van der Waals surface area contributed by atoms with Crippen LogP contribution in [-0.4, -0.2) is 13.1 Å². The van der Waals surface area contributed by atoms with Crippen molar-refractivity contribution in [2.45, 2.75) is 34.0 Å². The molecule has 0 radical (unpaired) electrons. The standard InChI is InChI=1S/C19H19F3INO3/c1-9(6-24)5-12-13(19(12,2)3)18(25)27-8-11-15(21)14(20)10(7-26-4)16(22)17(11)23/h5,12-13H,7-8H2,1-4H3/t12-,13+/m1/s1. The number of benzene rings is 1. The molecular formula is C19H19F3INO3. The van der Waals surface area contributed by atoms with E-state index in [1.54, 1.807) is 35.6 Å². The fourth-order valence-electron chi connectivity index (χ4n) is 3.10. The number of nitrogens with zero attached hydrogens (tertiary/aromatic N) is 1.